The van der Waals surface area contributed by atoms with Gasteiger partial charge in [0.15, 0.2) is 25.2 Å². The molecular formula is C76H84N4O8. The van der Waals surface area contributed by atoms with Crippen molar-refractivity contribution < 1.29 is 37.9 Å². The third-order valence-corrected chi connectivity index (χ3v) is 17.7. The zero-order valence-corrected chi connectivity index (χ0v) is 50.8. The fourth-order valence-corrected chi connectivity index (χ4v) is 12.5. The Balaban J connectivity index is 0.737. The molecule has 12 heteroatoms. The van der Waals surface area contributed by atoms with Gasteiger partial charge in [0.25, 0.3) is 0 Å². The lowest BCUT2D eigenvalue weighted by atomic mass is 10.0. The fraction of sp³-hybridized carbons (Fsp3) is 0.368. The van der Waals surface area contributed by atoms with Crippen LogP contribution in [0, 0.1) is 0 Å². The topological polar surface area (TPSA) is 86.8 Å². The molecule has 0 amide bonds. The van der Waals surface area contributed by atoms with Crippen LogP contribution in [-0.2, 0) is 64.1 Å². The van der Waals surface area contributed by atoms with E-state index in [2.05, 4.69) is 214 Å². The first-order chi connectivity index (χ1) is 43.5. The highest BCUT2D eigenvalue weighted by atomic mass is 16.7. The summed E-state index contributed by atoms with van der Waals surface area (Å²) in [6.45, 7) is 16.9. The minimum atomic E-state index is -0.284. The van der Waals surface area contributed by atoms with Gasteiger partial charge in [-0.2, -0.15) is 0 Å². The van der Waals surface area contributed by atoms with E-state index in [0.717, 1.165) is 179 Å². The second kappa shape index (κ2) is 30.2. The Bertz CT molecular complexity index is 2900. The molecule has 5 aliphatic heterocycles. The summed E-state index contributed by atoms with van der Waals surface area (Å²) in [5, 5.41) is 0. The van der Waals surface area contributed by atoms with E-state index >= 15 is 0 Å². The molecule has 0 unspecified atom stereocenters. The molecule has 0 aromatic heterocycles. The lowest BCUT2D eigenvalue weighted by Crippen LogP contribution is -2.45. The van der Waals surface area contributed by atoms with Crippen molar-refractivity contribution in [1.29, 1.82) is 0 Å². The summed E-state index contributed by atoms with van der Waals surface area (Å²) in [5.74, 6) is 0. The maximum Gasteiger partial charge on any atom is 0.183 e. The van der Waals surface area contributed by atoms with E-state index in [-0.39, 0.29) is 25.2 Å². The Morgan fingerprint density at radius 1 is 0.205 bits per heavy atom. The van der Waals surface area contributed by atoms with E-state index in [0.29, 0.717) is 0 Å². The molecule has 0 atom stereocenters. The van der Waals surface area contributed by atoms with E-state index in [9.17, 15) is 0 Å². The Morgan fingerprint density at radius 2 is 0.352 bits per heavy atom. The van der Waals surface area contributed by atoms with Crippen LogP contribution in [0.5, 0.6) is 0 Å². The molecule has 0 saturated carbocycles. The Morgan fingerprint density at radius 3 is 0.511 bits per heavy atom. The van der Waals surface area contributed by atoms with Crippen LogP contribution >= 0.6 is 0 Å². The van der Waals surface area contributed by atoms with Crippen LogP contribution in [0.25, 0.3) is 44.5 Å². The number of rotatable bonds is 16. The smallest absolute Gasteiger partial charge is 0.183 e. The standard InChI is InChI=1S/C76H84N4O8/c1-45-81-73(82-46-1)69-29-21-65(22-30-69)61-13-5-57(6-14-61)53-77-37-39-78(54-58-7-15-62(16-8-58)66-23-31-70(32-24-66)74-83-47-2-48-84-74)41-43-80(56-60-11-19-64(20-12-60)68-27-35-72(36-28-68)76-87-51-4-52-88-76)44-42-79(40-38-77)55-59-9-17-63(18-10-59)67-25-33-71(34-26-67)75-85-49-3-50-86-75/h5-36,73-76H,1-4,37-56H2. The molecule has 0 radical (unpaired) electrons. The molecule has 456 valence electrons. The van der Waals surface area contributed by atoms with Crippen LogP contribution in [0.3, 0.4) is 0 Å². The van der Waals surface area contributed by atoms with Gasteiger partial charge in [-0.3, -0.25) is 19.6 Å². The second-order valence-corrected chi connectivity index (χ2v) is 24.1. The summed E-state index contributed by atoms with van der Waals surface area (Å²) in [6, 6.07) is 71.5. The van der Waals surface area contributed by atoms with Gasteiger partial charge in [-0.15, -0.1) is 0 Å². The average Bonchev–Trinajstić information content (AvgIpc) is 3.76. The van der Waals surface area contributed by atoms with Crippen molar-refractivity contribution in [1.82, 2.24) is 19.6 Å². The van der Waals surface area contributed by atoms with Crippen LogP contribution in [-0.4, -0.2) is 125 Å². The SMILES string of the molecule is c1cc(-c2ccc(C3OCCCO3)cc2)ccc1CN1CCN(Cc2ccc(-c3ccc(C4OCCCO4)cc3)cc2)CCN(Cc2ccc(-c3ccc(C4OCCCO4)cc3)cc2)CCN(Cc2ccc(-c3ccc(C4OCCCO4)cc3)cc2)CC1. The van der Waals surface area contributed by atoms with Gasteiger partial charge in [-0.25, -0.2) is 0 Å². The first-order valence-corrected chi connectivity index (χ1v) is 32.1. The third-order valence-electron chi connectivity index (χ3n) is 17.7. The molecule has 13 rings (SSSR count). The molecule has 5 aliphatic rings. The van der Waals surface area contributed by atoms with Crippen molar-refractivity contribution in [2.45, 2.75) is 77.0 Å². The van der Waals surface area contributed by atoms with Gasteiger partial charge in [-0.05, 0) is 92.4 Å². The van der Waals surface area contributed by atoms with Crippen molar-refractivity contribution >= 4 is 0 Å². The van der Waals surface area contributed by atoms with Gasteiger partial charge >= 0.3 is 0 Å². The number of hydrogen-bond acceptors (Lipinski definition) is 12. The minimum absolute atomic E-state index is 0.284. The molecule has 8 aromatic carbocycles. The summed E-state index contributed by atoms with van der Waals surface area (Å²) < 4.78 is 47.2. The Labute approximate surface area is 520 Å². The van der Waals surface area contributed by atoms with Gasteiger partial charge in [0.1, 0.15) is 0 Å². The highest BCUT2D eigenvalue weighted by molar-refractivity contribution is 5.67. The van der Waals surface area contributed by atoms with Gasteiger partial charge in [0.05, 0.1) is 52.9 Å². The largest absolute Gasteiger partial charge is 0.348 e. The maximum absolute atomic E-state index is 5.89. The van der Waals surface area contributed by atoms with Crippen LogP contribution in [0.4, 0.5) is 0 Å². The molecule has 5 heterocycles. The zero-order valence-electron chi connectivity index (χ0n) is 50.8. The highest BCUT2D eigenvalue weighted by Crippen LogP contribution is 2.32. The highest BCUT2D eigenvalue weighted by Gasteiger charge is 2.23. The van der Waals surface area contributed by atoms with Crippen LogP contribution in [0.2, 0.25) is 0 Å². The zero-order chi connectivity index (χ0) is 59.1. The number of nitrogens with zero attached hydrogens (tertiary/aromatic N) is 4. The predicted octanol–water partition coefficient (Wildman–Crippen LogP) is 14.4. The van der Waals surface area contributed by atoms with Crippen LogP contribution < -0.4 is 0 Å². The molecule has 0 bridgehead atoms. The van der Waals surface area contributed by atoms with Crippen molar-refractivity contribution in [2.24, 2.45) is 0 Å². The molecule has 0 aliphatic carbocycles. The summed E-state index contributed by atoms with van der Waals surface area (Å²) in [5.41, 5.74) is 19.1. The van der Waals surface area contributed by atoms with Gasteiger partial charge < -0.3 is 37.9 Å². The number of ether oxygens (including phenoxy) is 8. The first-order valence-electron chi connectivity index (χ1n) is 32.1. The number of benzene rings is 8. The number of hydrogen-bond donors (Lipinski definition) is 0. The first kappa shape index (κ1) is 60.2. The summed E-state index contributed by atoms with van der Waals surface area (Å²) >= 11 is 0. The predicted molar refractivity (Wildman–Crippen MR) is 346 cm³/mol. The Kier molecular flexibility index (Phi) is 20.7. The molecular weight excluding hydrogens is 1100 g/mol. The average molecular weight is 1180 g/mol. The molecule has 8 aromatic rings. The molecule has 12 nitrogen and oxygen atoms in total. The lowest BCUT2D eigenvalue weighted by molar-refractivity contribution is -0.183. The van der Waals surface area contributed by atoms with Crippen molar-refractivity contribution in [3.8, 4) is 44.5 Å². The molecule has 0 N–H and O–H groups in total. The normalized spacial score (nSPS) is 19.3. The third kappa shape index (κ3) is 16.2. The van der Waals surface area contributed by atoms with Crippen molar-refractivity contribution in [3.05, 3.63) is 239 Å². The van der Waals surface area contributed by atoms with Gasteiger partial charge in [-0.1, -0.05) is 194 Å². The van der Waals surface area contributed by atoms with E-state index in [1.54, 1.807) is 0 Å². The lowest BCUT2D eigenvalue weighted by Gasteiger charge is -2.34. The fourth-order valence-electron chi connectivity index (χ4n) is 12.5. The van der Waals surface area contributed by atoms with Crippen molar-refractivity contribution in [2.75, 3.05) is 105 Å². The summed E-state index contributed by atoms with van der Waals surface area (Å²) in [6.07, 6.45) is 2.62. The Hall–Kier alpha value is -6.72. The molecule has 5 saturated heterocycles. The van der Waals surface area contributed by atoms with E-state index < -0.39 is 0 Å². The summed E-state index contributed by atoms with van der Waals surface area (Å²) in [7, 11) is 0. The van der Waals surface area contributed by atoms with Crippen LogP contribution in [0.15, 0.2) is 194 Å². The van der Waals surface area contributed by atoms with E-state index in [1.165, 1.54) is 66.8 Å². The molecule has 5 fully saturated rings. The second-order valence-electron chi connectivity index (χ2n) is 24.1. The quantitative estimate of drug-likeness (QED) is 0.0923. The van der Waals surface area contributed by atoms with E-state index in [1.807, 2.05) is 0 Å². The summed E-state index contributed by atoms with van der Waals surface area (Å²) in [4.78, 5) is 10.7. The minimum Gasteiger partial charge on any atom is -0.348 e. The molecule has 88 heavy (non-hydrogen) atoms. The van der Waals surface area contributed by atoms with Crippen LogP contribution in [0.1, 0.15) is 95.4 Å². The van der Waals surface area contributed by atoms with E-state index in [4.69, 9.17) is 37.9 Å². The van der Waals surface area contributed by atoms with Gasteiger partial charge in [0, 0.05) is 101 Å². The maximum atomic E-state index is 5.89. The monoisotopic (exact) mass is 1180 g/mol. The molecule has 0 spiro atoms. The van der Waals surface area contributed by atoms with Gasteiger partial charge in [0.2, 0.25) is 0 Å². The van der Waals surface area contributed by atoms with Crippen molar-refractivity contribution in [3.63, 3.8) is 0 Å².